The van der Waals surface area contributed by atoms with Gasteiger partial charge in [0.05, 0.1) is 0 Å². The molecule has 1 aromatic carbocycles. The maximum absolute atomic E-state index is 13.3. The molecule has 0 fully saturated rings. The lowest BCUT2D eigenvalue weighted by Gasteiger charge is -2.11. The number of halogens is 2. The highest BCUT2D eigenvalue weighted by Gasteiger charge is 2.21. The summed E-state index contributed by atoms with van der Waals surface area (Å²) in [6, 6.07) is 4.02. The Bertz CT molecular complexity index is 445. The highest BCUT2D eigenvalue weighted by molar-refractivity contribution is 14.1. The van der Waals surface area contributed by atoms with E-state index in [0.29, 0.717) is 3.57 Å². The molecule has 0 heterocycles. The Labute approximate surface area is 96.1 Å². The highest BCUT2D eigenvalue weighted by atomic mass is 127. The third-order valence-corrected chi connectivity index (χ3v) is 4.17. The van der Waals surface area contributed by atoms with Gasteiger partial charge in [-0.05, 0) is 40.8 Å². The van der Waals surface area contributed by atoms with E-state index in [1.165, 1.54) is 26.2 Å². The second kappa shape index (κ2) is 4.11. The predicted octanol–water partition coefficient (Wildman–Crippen LogP) is 1.68. The maximum atomic E-state index is 13.3. The summed E-state index contributed by atoms with van der Waals surface area (Å²) in [6.45, 7) is 0. The smallest absolute Gasteiger partial charge is 0.207 e. The van der Waals surface area contributed by atoms with E-state index in [9.17, 15) is 12.8 Å². The summed E-state index contributed by atoms with van der Waals surface area (Å²) >= 11 is 1.92. The molecule has 1 rings (SSSR count). The van der Waals surface area contributed by atoms with Crippen LogP contribution in [-0.2, 0) is 10.0 Å². The average molecular weight is 329 g/mol. The topological polar surface area (TPSA) is 37.4 Å². The first kappa shape index (κ1) is 11.9. The normalized spacial score (nSPS) is 12.1. The molecule has 0 spiro atoms. The van der Waals surface area contributed by atoms with Crippen molar-refractivity contribution in [2.75, 3.05) is 14.1 Å². The van der Waals surface area contributed by atoms with Crippen LogP contribution in [0.2, 0.25) is 0 Å². The number of nitrogens with zero attached hydrogens (tertiary/aromatic N) is 1. The van der Waals surface area contributed by atoms with Gasteiger partial charge in [0, 0.05) is 17.7 Å². The lowest BCUT2D eigenvalue weighted by molar-refractivity contribution is 0.507. The van der Waals surface area contributed by atoms with E-state index in [4.69, 9.17) is 0 Å². The number of rotatable bonds is 2. The zero-order valence-corrected chi connectivity index (χ0v) is 10.6. The number of sulfonamides is 1. The molecule has 3 nitrogen and oxygen atoms in total. The molecule has 0 aliphatic rings. The predicted molar refractivity (Wildman–Crippen MR) is 60.0 cm³/mol. The molecule has 6 heteroatoms. The first-order chi connectivity index (χ1) is 6.35. The van der Waals surface area contributed by atoms with E-state index < -0.39 is 15.8 Å². The fourth-order valence-electron chi connectivity index (χ4n) is 0.881. The van der Waals surface area contributed by atoms with Gasteiger partial charge >= 0.3 is 0 Å². The molecule has 0 aliphatic carbocycles. The van der Waals surface area contributed by atoms with Gasteiger partial charge in [-0.1, -0.05) is 0 Å². The molecule has 1 aromatic rings. The van der Waals surface area contributed by atoms with Gasteiger partial charge in [-0.2, -0.15) is 0 Å². The summed E-state index contributed by atoms with van der Waals surface area (Å²) in [5.74, 6) is -0.717. The average Bonchev–Trinajstić information content (AvgIpc) is 2.02. The molecule has 14 heavy (non-hydrogen) atoms. The third kappa shape index (κ3) is 2.23. The monoisotopic (exact) mass is 329 g/mol. The second-order valence-corrected chi connectivity index (χ2v) is 6.23. The minimum absolute atomic E-state index is 0.289. The summed E-state index contributed by atoms with van der Waals surface area (Å²) in [5, 5.41) is 0. The molecule has 0 amide bonds. The van der Waals surface area contributed by atoms with Crippen molar-refractivity contribution in [1.29, 1.82) is 0 Å². The van der Waals surface area contributed by atoms with Gasteiger partial charge in [0.15, 0.2) is 0 Å². The molecule has 0 saturated heterocycles. The summed E-state index contributed by atoms with van der Waals surface area (Å²) in [5.41, 5.74) is 0. The van der Waals surface area contributed by atoms with Crippen LogP contribution >= 0.6 is 22.6 Å². The van der Waals surface area contributed by atoms with Crippen molar-refractivity contribution in [3.63, 3.8) is 0 Å². The Balaban J connectivity index is 3.35. The quantitative estimate of drug-likeness (QED) is 0.775. The van der Waals surface area contributed by atoms with E-state index in [1.807, 2.05) is 22.6 Å². The molecule has 0 aromatic heterocycles. The maximum Gasteiger partial charge on any atom is 0.245 e. The van der Waals surface area contributed by atoms with Crippen molar-refractivity contribution in [1.82, 2.24) is 4.31 Å². The van der Waals surface area contributed by atoms with Crippen molar-refractivity contribution in [3.8, 4) is 0 Å². The Kier molecular flexibility index (Phi) is 3.49. The Morgan fingerprint density at radius 1 is 1.36 bits per heavy atom. The van der Waals surface area contributed by atoms with Gasteiger partial charge in [0.1, 0.15) is 10.7 Å². The number of benzene rings is 1. The van der Waals surface area contributed by atoms with Crippen LogP contribution in [0.4, 0.5) is 4.39 Å². The summed E-state index contributed by atoms with van der Waals surface area (Å²) in [6.07, 6.45) is 0. The van der Waals surface area contributed by atoms with E-state index in [2.05, 4.69) is 0 Å². The fraction of sp³-hybridized carbons (Fsp3) is 0.250. The van der Waals surface area contributed by atoms with Crippen molar-refractivity contribution in [3.05, 3.63) is 27.6 Å². The van der Waals surface area contributed by atoms with Crippen molar-refractivity contribution in [2.45, 2.75) is 4.90 Å². The Morgan fingerprint density at radius 2 is 1.93 bits per heavy atom. The highest BCUT2D eigenvalue weighted by Crippen LogP contribution is 2.19. The van der Waals surface area contributed by atoms with Crippen LogP contribution in [0, 0.1) is 9.39 Å². The van der Waals surface area contributed by atoms with Gasteiger partial charge in [0.2, 0.25) is 10.0 Å². The molecule has 0 saturated carbocycles. The Hall–Kier alpha value is -0.210. The zero-order chi connectivity index (χ0) is 10.9. The third-order valence-electron chi connectivity index (χ3n) is 1.65. The van der Waals surface area contributed by atoms with Crippen molar-refractivity contribution in [2.24, 2.45) is 0 Å². The zero-order valence-electron chi connectivity index (χ0n) is 7.66. The SMILES string of the molecule is CN(C)S(=O)(=O)c1ccc(I)cc1F. The molecule has 0 N–H and O–H groups in total. The summed E-state index contributed by atoms with van der Waals surface area (Å²) in [4.78, 5) is -0.289. The molecule has 0 atom stereocenters. The lowest BCUT2D eigenvalue weighted by Crippen LogP contribution is -2.23. The van der Waals surface area contributed by atoms with Crippen LogP contribution in [0.5, 0.6) is 0 Å². The molecule has 0 unspecified atom stereocenters. The van der Waals surface area contributed by atoms with Gasteiger partial charge < -0.3 is 0 Å². The molecule has 0 bridgehead atoms. The molecule has 78 valence electrons. The van der Waals surface area contributed by atoms with Gasteiger partial charge in [-0.15, -0.1) is 0 Å². The molecular formula is C8H9FINO2S. The summed E-state index contributed by atoms with van der Waals surface area (Å²) < 4.78 is 38.0. The standard InChI is InChI=1S/C8H9FINO2S/c1-11(2)14(12,13)8-4-3-6(10)5-7(8)9/h3-5H,1-2H3. The molecule has 0 aliphatic heterocycles. The van der Waals surface area contributed by atoms with Crippen molar-refractivity contribution < 1.29 is 12.8 Å². The van der Waals surface area contributed by atoms with Gasteiger partial charge in [-0.25, -0.2) is 17.1 Å². The van der Waals surface area contributed by atoms with Crippen LogP contribution in [-0.4, -0.2) is 26.8 Å². The Morgan fingerprint density at radius 3 is 2.36 bits per heavy atom. The van der Waals surface area contributed by atoms with Crippen LogP contribution in [0.3, 0.4) is 0 Å². The van der Waals surface area contributed by atoms with E-state index in [-0.39, 0.29) is 4.90 Å². The van der Waals surface area contributed by atoms with Gasteiger partial charge in [0.25, 0.3) is 0 Å². The van der Waals surface area contributed by atoms with E-state index >= 15 is 0 Å². The fourth-order valence-corrected chi connectivity index (χ4v) is 2.27. The largest absolute Gasteiger partial charge is 0.245 e. The second-order valence-electron chi connectivity index (χ2n) is 2.86. The lowest BCUT2D eigenvalue weighted by atomic mass is 10.3. The van der Waals surface area contributed by atoms with E-state index in [0.717, 1.165) is 4.31 Å². The first-order valence-electron chi connectivity index (χ1n) is 3.73. The van der Waals surface area contributed by atoms with Crippen LogP contribution in [0.1, 0.15) is 0 Å². The van der Waals surface area contributed by atoms with Gasteiger partial charge in [-0.3, -0.25) is 0 Å². The number of hydrogen-bond acceptors (Lipinski definition) is 2. The van der Waals surface area contributed by atoms with E-state index in [1.54, 1.807) is 6.07 Å². The minimum Gasteiger partial charge on any atom is -0.207 e. The minimum atomic E-state index is -3.67. The summed E-state index contributed by atoms with van der Waals surface area (Å²) in [7, 11) is -0.934. The molecular weight excluding hydrogens is 320 g/mol. The first-order valence-corrected chi connectivity index (χ1v) is 6.25. The van der Waals surface area contributed by atoms with Crippen molar-refractivity contribution >= 4 is 32.6 Å². The number of hydrogen-bond donors (Lipinski definition) is 0. The van der Waals surface area contributed by atoms with Crippen LogP contribution < -0.4 is 0 Å². The van der Waals surface area contributed by atoms with Crippen LogP contribution in [0.25, 0.3) is 0 Å². The van der Waals surface area contributed by atoms with Crippen LogP contribution in [0.15, 0.2) is 23.1 Å². The molecule has 0 radical (unpaired) electrons.